The Balaban J connectivity index is 1.08. The first-order valence-corrected chi connectivity index (χ1v) is 23.1. The molecule has 0 bridgehead atoms. The Morgan fingerprint density at radius 1 is 0.556 bits per heavy atom. The largest absolute Gasteiger partial charge is 0.460 e. The average molecular weight is 761 g/mol. The number of benzene rings is 4. The lowest BCUT2D eigenvalue weighted by Gasteiger charge is -2.43. The summed E-state index contributed by atoms with van der Waals surface area (Å²) in [5.41, 5.74) is 0.862. The molecule has 284 valence electrons. The van der Waals surface area contributed by atoms with E-state index in [0.717, 1.165) is 5.57 Å². The Labute approximate surface area is 324 Å². The number of carbonyl (C=O) groups excluding carboxylic acids is 2. The predicted molar refractivity (Wildman–Crippen MR) is 221 cm³/mol. The third-order valence-corrected chi connectivity index (χ3v) is 21.2. The lowest BCUT2D eigenvalue weighted by atomic mass is 9.90. The number of hydrogen-bond acceptors (Lipinski definition) is 6. The Morgan fingerprint density at radius 2 is 0.833 bits per heavy atom. The van der Waals surface area contributed by atoms with E-state index < -0.39 is 16.6 Å². The van der Waals surface area contributed by atoms with Gasteiger partial charge in [0.25, 0.3) is 16.6 Å². The number of rotatable bonds is 14. The van der Waals surface area contributed by atoms with Crippen LogP contribution >= 0.6 is 0 Å². The second-order valence-corrected chi connectivity index (χ2v) is 25.7. The number of allylic oxidation sites excluding steroid dienone is 1. The Kier molecular flexibility index (Phi) is 12.0. The standard InChI is InChI=1S/C46H56O6Si2/c1-34(28-35-30-37(51-43(35)47)32-49-53(45(2,3)4,39-20-12-8-13-21-39)40-22-14-9-15-23-40)29-36-31-38(52-44(36)48)33-50-54(46(5,6)7,41-24-16-10-17-25-41)42-26-18-11-19-27-42/h8-27,35-38H,1,28-33H2,2-7H3/t35-,36-,37+,38+/m1/s1. The molecule has 2 aliphatic heterocycles. The minimum atomic E-state index is -2.77. The summed E-state index contributed by atoms with van der Waals surface area (Å²) in [7, 11) is -5.54. The number of cyclic esters (lactones) is 2. The van der Waals surface area contributed by atoms with Crippen LogP contribution in [0.25, 0.3) is 0 Å². The Hall–Kier alpha value is -4.09. The molecule has 54 heavy (non-hydrogen) atoms. The van der Waals surface area contributed by atoms with Gasteiger partial charge in [-0.15, -0.1) is 0 Å². The highest BCUT2D eigenvalue weighted by Gasteiger charge is 2.52. The van der Waals surface area contributed by atoms with Crippen LogP contribution in [0.3, 0.4) is 0 Å². The van der Waals surface area contributed by atoms with Crippen molar-refractivity contribution in [1.29, 1.82) is 0 Å². The molecule has 2 saturated heterocycles. The van der Waals surface area contributed by atoms with Gasteiger partial charge in [-0.1, -0.05) is 175 Å². The van der Waals surface area contributed by atoms with Gasteiger partial charge in [-0.25, -0.2) is 0 Å². The van der Waals surface area contributed by atoms with Crippen LogP contribution in [0.4, 0.5) is 0 Å². The maximum Gasteiger partial charge on any atom is 0.309 e. The van der Waals surface area contributed by atoms with E-state index in [1.165, 1.54) is 20.7 Å². The predicted octanol–water partition coefficient (Wildman–Crippen LogP) is 7.34. The van der Waals surface area contributed by atoms with Crippen LogP contribution in [0.2, 0.25) is 10.1 Å². The van der Waals surface area contributed by atoms with Gasteiger partial charge < -0.3 is 18.3 Å². The van der Waals surface area contributed by atoms with Crippen LogP contribution in [0.1, 0.15) is 67.2 Å². The fourth-order valence-corrected chi connectivity index (χ4v) is 17.9. The molecule has 6 rings (SSSR count). The molecule has 4 aromatic rings. The zero-order chi connectivity index (χ0) is 38.6. The van der Waals surface area contributed by atoms with Crippen molar-refractivity contribution < 1.29 is 27.9 Å². The molecule has 2 heterocycles. The summed E-state index contributed by atoms with van der Waals surface area (Å²) >= 11 is 0. The smallest absolute Gasteiger partial charge is 0.309 e. The zero-order valence-corrected chi connectivity index (χ0v) is 34.8. The normalized spacial score (nSPS) is 20.8. The third-order valence-electron chi connectivity index (χ3n) is 11.2. The Morgan fingerprint density at radius 3 is 1.09 bits per heavy atom. The molecule has 0 amide bonds. The van der Waals surface area contributed by atoms with E-state index in [0.29, 0.717) is 38.9 Å². The first-order valence-electron chi connectivity index (χ1n) is 19.3. The van der Waals surface area contributed by atoms with E-state index >= 15 is 0 Å². The van der Waals surface area contributed by atoms with Crippen molar-refractivity contribution in [3.63, 3.8) is 0 Å². The number of carbonyl (C=O) groups is 2. The minimum absolute atomic E-state index is 0.176. The van der Waals surface area contributed by atoms with Crippen LogP contribution in [0.5, 0.6) is 0 Å². The van der Waals surface area contributed by atoms with Crippen LogP contribution in [-0.4, -0.2) is 54.0 Å². The summed E-state index contributed by atoms with van der Waals surface area (Å²) in [6, 6.07) is 42.0. The van der Waals surface area contributed by atoms with Crippen molar-refractivity contribution in [2.24, 2.45) is 11.8 Å². The van der Waals surface area contributed by atoms with E-state index in [1.54, 1.807) is 0 Å². The number of esters is 2. The summed E-state index contributed by atoms with van der Waals surface area (Å²) < 4.78 is 26.0. The van der Waals surface area contributed by atoms with Gasteiger partial charge in [0, 0.05) is 12.8 Å². The molecule has 8 heteroatoms. The van der Waals surface area contributed by atoms with E-state index in [1.807, 2.05) is 24.3 Å². The van der Waals surface area contributed by atoms with Gasteiger partial charge in [-0.05, 0) is 43.7 Å². The van der Waals surface area contributed by atoms with Gasteiger partial charge in [0.1, 0.15) is 12.2 Å². The molecular weight excluding hydrogens is 705 g/mol. The molecule has 0 spiro atoms. The van der Waals surface area contributed by atoms with Gasteiger partial charge >= 0.3 is 11.9 Å². The van der Waals surface area contributed by atoms with Crippen molar-refractivity contribution in [2.45, 2.75) is 89.5 Å². The minimum Gasteiger partial charge on any atom is -0.460 e. The van der Waals surface area contributed by atoms with Crippen LogP contribution in [0.15, 0.2) is 133 Å². The Bertz CT molecular complexity index is 1650. The van der Waals surface area contributed by atoms with Crippen molar-refractivity contribution >= 4 is 49.3 Å². The molecule has 0 aliphatic carbocycles. The van der Waals surface area contributed by atoms with Crippen molar-refractivity contribution in [3.05, 3.63) is 133 Å². The molecule has 0 unspecified atom stereocenters. The molecule has 0 N–H and O–H groups in total. The van der Waals surface area contributed by atoms with Crippen LogP contribution in [0, 0.1) is 11.8 Å². The first kappa shape index (κ1) is 39.6. The van der Waals surface area contributed by atoms with E-state index in [4.69, 9.17) is 18.3 Å². The summed E-state index contributed by atoms with van der Waals surface area (Å²) in [4.78, 5) is 26.4. The maximum absolute atomic E-state index is 13.2. The van der Waals surface area contributed by atoms with Crippen molar-refractivity contribution in [3.8, 4) is 0 Å². The van der Waals surface area contributed by atoms with E-state index in [2.05, 4.69) is 145 Å². The van der Waals surface area contributed by atoms with Gasteiger partial charge in [-0.2, -0.15) is 0 Å². The lowest BCUT2D eigenvalue weighted by Crippen LogP contribution is -2.67. The molecule has 6 nitrogen and oxygen atoms in total. The molecule has 4 aromatic carbocycles. The third kappa shape index (κ3) is 8.13. The molecule has 0 saturated carbocycles. The fourth-order valence-electron chi connectivity index (χ4n) is 8.72. The first-order chi connectivity index (χ1) is 25.7. The number of ether oxygens (including phenoxy) is 2. The summed E-state index contributed by atoms with van der Waals surface area (Å²) in [5, 5.41) is 4.41. The fraction of sp³-hybridized carbons (Fsp3) is 0.391. The monoisotopic (exact) mass is 760 g/mol. The lowest BCUT2D eigenvalue weighted by molar-refractivity contribution is -0.145. The molecule has 2 aliphatic rings. The van der Waals surface area contributed by atoms with E-state index in [-0.39, 0.29) is 46.1 Å². The average Bonchev–Trinajstić information content (AvgIpc) is 3.68. The highest BCUT2D eigenvalue weighted by atomic mass is 28.4. The maximum atomic E-state index is 13.2. The SMILES string of the molecule is C=C(C[C@@H]1C[C@@H](CO[Si](c2ccccc2)(c2ccccc2)C(C)(C)C)OC1=O)C[C@@H]1C[C@@H](CO[Si](c2ccccc2)(c2ccccc2)C(C)(C)C)OC1=O. The van der Waals surface area contributed by atoms with Gasteiger partial charge in [-0.3, -0.25) is 9.59 Å². The molecule has 4 atom stereocenters. The summed E-state index contributed by atoms with van der Waals surface area (Å²) in [5.74, 6) is -1.09. The molecular formula is C46H56O6Si2. The van der Waals surface area contributed by atoms with Crippen LogP contribution < -0.4 is 20.7 Å². The number of hydrogen-bond donors (Lipinski definition) is 0. The molecule has 0 radical (unpaired) electrons. The van der Waals surface area contributed by atoms with Gasteiger partial charge in [0.05, 0.1) is 25.0 Å². The molecule has 2 fully saturated rings. The quantitative estimate of drug-likeness (QED) is 0.0762. The zero-order valence-electron chi connectivity index (χ0n) is 32.8. The highest BCUT2D eigenvalue weighted by Crippen LogP contribution is 2.40. The highest BCUT2D eigenvalue weighted by molar-refractivity contribution is 7.00. The second kappa shape index (κ2) is 16.3. The van der Waals surface area contributed by atoms with Gasteiger partial charge in [0.15, 0.2) is 0 Å². The molecule has 0 aromatic heterocycles. The van der Waals surface area contributed by atoms with Gasteiger partial charge in [0.2, 0.25) is 0 Å². The summed E-state index contributed by atoms with van der Waals surface area (Å²) in [6.07, 6.45) is 1.36. The topological polar surface area (TPSA) is 71.1 Å². The van der Waals surface area contributed by atoms with Crippen LogP contribution in [-0.2, 0) is 27.9 Å². The second-order valence-electron chi connectivity index (χ2n) is 17.1. The van der Waals surface area contributed by atoms with E-state index in [9.17, 15) is 9.59 Å². The summed E-state index contributed by atoms with van der Waals surface area (Å²) in [6.45, 7) is 18.4. The van der Waals surface area contributed by atoms with Crippen molar-refractivity contribution in [1.82, 2.24) is 0 Å². The van der Waals surface area contributed by atoms with Crippen molar-refractivity contribution in [2.75, 3.05) is 13.2 Å².